The van der Waals surface area contributed by atoms with Gasteiger partial charge in [0, 0.05) is 0 Å². The zero-order valence-electron chi connectivity index (χ0n) is 14.0. The minimum atomic E-state index is -4.64. The summed E-state index contributed by atoms with van der Waals surface area (Å²) in [5.74, 6) is 0. The highest BCUT2D eigenvalue weighted by atomic mass is 19.4. The Balaban J connectivity index is 2.91. The predicted octanol–water partition coefficient (Wildman–Crippen LogP) is 4.11. The lowest BCUT2D eigenvalue weighted by Gasteiger charge is -2.12. The number of rotatable bonds is 0. The van der Waals surface area contributed by atoms with Gasteiger partial charge in [-0.05, 0) is 44.1 Å². The minimum absolute atomic E-state index is 0.00697. The van der Waals surface area contributed by atoms with Gasteiger partial charge in [-0.15, -0.1) is 0 Å². The molecule has 3 aromatic rings. The number of halogens is 3. The first-order valence-corrected chi connectivity index (χ1v) is 7.72. The maximum Gasteiger partial charge on any atom is 0.416 e. The van der Waals surface area contributed by atoms with Crippen LogP contribution in [-0.4, -0.2) is 0 Å². The second-order valence-corrected chi connectivity index (χ2v) is 5.70. The fourth-order valence-corrected chi connectivity index (χ4v) is 3.13. The number of hydrogen-bond donors (Lipinski definition) is 0. The van der Waals surface area contributed by atoms with E-state index in [0.717, 1.165) is 12.1 Å². The van der Waals surface area contributed by atoms with E-state index < -0.39 is 23.1 Å². The molecule has 132 valence electrons. The summed E-state index contributed by atoms with van der Waals surface area (Å²) in [4.78, 5) is 6.31. The summed E-state index contributed by atoms with van der Waals surface area (Å²) >= 11 is 0. The van der Waals surface area contributed by atoms with E-state index in [4.69, 9.17) is 13.1 Å². The third kappa shape index (κ3) is 2.78. The molecule has 0 saturated heterocycles. The maximum atomic E-state index is 13.3. The molecule has 0 spiro atoms. The smallest absolute Gasteiger partial charge is 0.226 e. The van der Waals surface area contributed by atoms with Gasteiger partial charge in [-0.25, -0.2) is 20.2 Å². The molecule has 0 aliphatic heterocycles. The van der Waals surface area contributed by atoms with Crippen molar-refractivity contribution in [3.63, 3.8) is 0 Å². The number of benzene rings is 3. The normalized spacial score (nSPS) is 13.1. The molecular formula is C21H7F3N4. The largest absolute Gasteiger partial charge is 0.416 e. The zero-order valence-corrected chi connectivity index (χ0v) is 14.0. The maximum absolute atomic E-state index is 13.3. The van der Waals surface area contributed by atoms with E-state index in [9.17, 15) is 23.7 Å². The number of hydrogen-bond acceptors (Lipinski definition) is 2. The van der Waals surface area contributed by atoms with Crippen molar-refractivity contribution >= 4 is 32.9 Å². The fourth-order valence-electron chi connectivity index (χ4n) is 3.13. The lowest BCUT2D eigenvalue weighted by Crippen LogP contribution is -2.30. The van der Waals surface area contributed by atoms with Crippen LogP contribution in [0.1, 0.15) is 5.56 Å². The van der Waals surface area contributed by atoms with Gasteiger partial charge >= 0.3 is 6.18 Å². The van der Waals surface area contributed by atoms with Gasteiger partial charge in [-0.1, -0.05) is 30.3 Å². The third-order valence-corrected chi connectivity index (χ3v) is 4.26. The Bertz CT molecular complexity index is 1400. The van der Waals surface area contributed by atoms with Crippen LogP contribution in [0.15, 0.2) is 42.5 Å². The van der Waals surface area contributed by atoms with Gasteiger partial charge in [-0.2, -0.15) is 13.2 Å². The van der Waals surface area contributed by atoms with E-state index in [1.807, 2.05) is 0 Å². The van der Waals surface area contributed by atoms with Crippen molar-refractivity contribution < 1.29 is 13.2 Å². The highest BCUT2D eigenvalue weighted by Crippen LogP contribution is 2.32. The highest BCUT2D eigenvalue weighted by Gasteiger charge is 2.30. The standard InChI is InChI=1S/C21H7F3N4/c1-27-17(10-25)19-15-6-4-3-5-13(15)14-8-7-12(21(22,23)24)9-16(14)20(19)18(11-26)28-2/h3-9H. The van der Waals surface area contributed by atoms with Crippen LogP contribution < -0.4 is 10.4 Å². The molecule has 0 heterocycles. The van der Waals surface area contributed by atoms with Crippen molar-refractivity contribution in [2.45, 2.75) is 6.18 Å². The van der Waals surface area contributed by atoms with Gasteiger partial charge in [0.05, 0.1) is 30.8 Å². The first-order valence-electron chi connectivity index (χ1n) is 7.72. The summed E-state index contributed by atoms with van der Waals surface area (Å²) in [6.45, 7) is 14.6. The summed E-state index contributed by atoms with van der Waals surface area (Å²) in [5, 5.41) is 20.0. The van der Waals surface area contributed by atoms with Gasteiger partial charge in [-0.3, -0.25) is 0 Å². The van der Waals surface area contributed by atoms with Crippen LogP contribution in [0.5, 0.6) is 0 Å². The van der Waals surface area contributed by atoms with Crippen molar-refractivity contribution in [1.29, 1.82) is 10.5 Å². The zero-order chi connectivity index (χ0) is 20.5. The Labute approximate surface area is 156 Å². The van der Waals surface area contributed by atoms with Crippen molar-refractivity contribution in [2.75, 3.05) is 0 Å². The third-order valence-electron chi connectivity index (χ3n) is 4.26. The van der Waals surface area contributed by atoms with Crippen LogP contribution in [0.3, 0.4) is 0 Å². The average molecular weight is 372 g/mol. The monoisotopic (exact) mass is 372 g/mol. The molecule has 4 nitrogen and oxygen atoms in total. The highest BCUT2D eigenvalue weighted by molar-refractivity contribution is 6.10. The molecule has 0 aliphatic rings. The van der Waals surface area contributed by atoms with Crippen molar-refractivity contribution in [1.82, 2.24) is 0 Å². The molecule has 0 fully saturated rings. The molecule has 0 radical (unpaired) electrons. The fraction of sp³-hybridized carbons (Fsp3) is 0.0476. The quantitative estimate of drug-likeness (QED) is 0.440. The molecule has 3 rings (SSSR count). The van der Waals surface area contributed by atoms with Crippen molar-refractivity contribution in [3.8, 4) is 12.1 Å². The SMILES string of the molecule is [C-]#[N+]C(C#N)=c1c(=C(C#N)[N+]#[C-])c2cc(C(F)(F)F)ccc2c2ccccc12. The Hall–Kier alpha value is -4.33. The Morgan fingerprint density at radius 3 is 1.79 bits per heavy atom. The summed E-state index contributed by atoms with van der Waals surface area (Å²) < 4.78 is 39.8. The molecule has 0 N–H and O–H groups in total. The van der Waals surface area contributed by atoms with E-state index in [2.05, 4.69) is 9.69 Å². The topological polar surface area (TPSA) is 56.3 Å². The van der Waals surface area contributed by atoms with E-state index in [1.165, 1.54) is 6.07 Å². The summed E-state index contributed by atoms with van der Waals surface area (Å²) in [6.07, 6.45) is -4.64. The van der Waals surface area contributed by atoms with Crippen LogP contribution in [0.2, 0.25) is 0 Å². The molecule has 28 heavy (non-hydrogen) atoms. The first-order chi connectivity index (χ1) is 13.4. The Morgan fingerprint density at radius 1 is 0.786 bits per heavy atom. The van der Waals surface area contributed by atoms with Gasteiger partial charge in [0.2, 0.25) is 0 Å². The number of fused-ring (bicyclic) bond motifs is 3. The molecule has 0 aliphatic carbocycles. The second kappa shape index (κ2) is 6.76. The molecule has 0 aromatic heterocycles. The van der Waals surface area contributed by atoms with E-state index in [0.29, 0.717) is 16.2 Å². The molecular weight excluding hydrogens is 365 g/mol. The molecule has 0 atom stereocenters. The molecule has 0 saturated carbocycles. The average Bonchev–Trinajstić information content (AvgIpc) is 2.70. The van der Waals surface area contributed by atoms with Gasteiger partial charge in [0.15, 0.2) is 0 Å². The lowest BCUT2D eigenvalue weighted by molar-refractivity contribution is -0.137. The lowest BCUT2D eigenvalue weighted by atomic mass is 9.94. The van der Waals surface area contributed by atoms with E-state index >= 15 is 0 Å². The molecule has 3 aromatic carbocycles. The number of nitrogens with zero attached hydrogens (tertiary/aromatic N) is 4. The van der Waals surface area contributed by atoms with E-state index in [1.54, 1.807) is 36.4 Å². The van der Waals surface area contributed by atoms with Gasteiger partial charge in [0.1, 0.15) is 0 Å². The minimum Gasteiger partial charge on any atom is -0.226 e. The van der Waals surface area contributed by atoms with Gasteiger partial charge < -0.3 is 0 Å². The molecule has 0 bridgehead atoms. The van der Waals surface area contributed by atoms with Crippen LogP contribution in [0.25, 0.3) is 42.6 Å². The Kier molecular flexibility index (Phi) is 4.46. The van der Waals surface area contributed by atoms with Crippen LogP contribution >= 0.6 is 0 Å². The number of nitriles is 2. The predicted molar refractivity (Wildman–Crippen MR) is 97.0 cm³/mol. The van der Waals surface area contributed by atoms with Crippen LogP contribution in [0, 0.1) is 35.8 Å². The van der Waals surface area contributed by atoms with Crippen molar-refractivity contribution in [2.24, 2.45) is 0 Å². The number of alkyl halides is 3. The summed E-state index contributed by atoms with van der Waals surface area (Å²) in [5.41, 5.74) is -1.84. The summed E-state index contributed by atoms with van der Waals surface area (Å²) in [7, 11) is 0. The van der Waals surface area contributed by atoms with E-state index in [-0.39, 0.29) is 15.8 Å². The summed E-state index contributed by atoms with van der Waals surface area (Å²) in [6, 6.07) is 13.0. The first kappa shape index (κ1) is 18.5. The molecule has 0 unspecified atom stereocenters. The second-order valence-electron chi connectivity index (χ2n) is 5.70. The van der Waals surface area contributed by atoms with Crippen molar-refractivity contribution in [3.05, 3.63) is 81.3 Å². The van der Waals surface area contributed by atoms with Gasteiger partial charge in [0.25, 0.3) is 11.4 Å². The molecule has 7 heteroatoms. The van der Waals surface area contributed by atoms with Crippen LogP contribution in [-0.2, 0) is 6.18 Å². The molecule has 0 amide bonds. The Morgan fingerprint density at radius 2 is 1.29 bits per heavy atom. The van der Waals surface area contributed by atoms with Crippen LogP contribution in [0.4, 0.5) is 13.2 Å².